The Balaban J connectivity index is 1.47. The number of carbonyl (C=O) groups is 1. The summed E-state index contributed by atoms with van der Waals surface area (Å²) in [5.74, 6) is 0.161. The normalized spacial score (nSPS) is 14.7. The molecule has 3 aromatic rings. The van der Waals surface area contributed by atoms with Gasteiger partial charge in [-0.1, -0.05) is 18.2 Å². The number of primary amides is 1. The highest BCUT2D eigenvalue weighted by Crippen LogP contribution is 2.26. The molecule has 1 aliphatic heterocycles. The van der Waals surface area contributed by atoms with E-state index < -0.39 is 5.91 Å². The van der Waals surface area contributed by atoms with Crippen LogP contribution in [0, 0.1) is 6.92 Å². The number of nitrogens with zero attached hydrogens (tertiary/aromatic N) is 2. The highest BCUT2D eigenvalue weighted by Gasteiger charge is 2.12. The van der Waals surface area contributed by atoms with Crippen molar-refractivity contribution >= 4 is 17.6 Å². The van der Waals surface area contributed by atoms with Gasteiger partial charge in [0.05, 0.1) is 19.4 Å². The van der Waals surface area contributed by atoms with E-state index in [4.69, 9.17) is 14.9 Å². The number of aromatic nitrogens is 1. The highest BCUT2D eigenvalue weighted by atomic mass is 16.5. The van der Waals surface area contributed by atoms with Crippen LogP contribution in [-0.2, 0) is 11.3 Å². The van der Waals surface area contributed by atoms with E-state index in [1.54, 1.807) is 30.5 Å². The Labute approximate surface area is 169 Å². The van der Waals surface area contributed by atoms with Gasteiger partial charge in [-0.25, -0.2) is 4.98 Å². The number of oxazole rings is 1. The van der Waals surface area contributed by atoms with Crippen molar-refractivity contribution in [1.29, 1.82) is 0 Å². The fraction of sp³-hybridized carbons (Fsp3) is 0.273. The van der Waals surface area contributed by atoms with Gasteiger partial charge in [-0.2, -0.15) is 0 Å². The maximum Gasteiger partial charge on any atom is 0.299 e. The van der Waals surface area contributed by atoms with E-state index in [1.807, 2.05) is 0 Å². The van der Waals surface area contributed by atoms with Crippen molar-refractivity contribution in [3.05, 3.63) is 65.4 Å². The summed E-state index contributed by atoms with van der Waals surface area (Å²) in [5, 5.41) is 3.25. The number of ether oxygens (including phenoxy) is 1. The number of hydrogen-bond acceptors (Lipinski definition) is 6. The van der Waals surface area contributed by atoms with Gasteiger partial charge in [0, 0.05) is 36.4 Å². The minimum Gasteiger partial charge on any atom is -0.423 e. The van der Waals surface area contributed by atoms with Gasteiger partial charge in [0.15, 0.2) is 5.76 Å². The van der Waals surface area contributed by atoms with E-state index in [2.05, 4.69) is 40.3 Å². The molecule has 150 valence electrons. The van der Waals surface area contributed by atoms with Crippen LogP contribution in [-0.4, -0.2) is 42.1 Å². The van der Waals surface area contributed by atoms with Gasteiger partial charge >= 0.3 is 0 Å². The molecule has 1 saturated heterocycles. The Hall–Kier alpha value is -3.16. The minimum absolute atomic E-state index is 0.418. The van der Waals surface area contributed by atoms with E-state index in [-0.39, 0.29) is 0 Å². The first kappa shape index (κ1) is 19.2. The summed E-state index contributed by atoms with van der Waals surface area (Å²) in [4.78, 5) is 17.9. The molecule has 0 spiro atoms. The van der Waals surface area contributed by atoms with Crippen molar-refractivity contribution in [3.8, 4) is 11.3 Å². The molecule has 2 aromatic carbocycles. The Morgan fingerprint density at radius 1 is 1.17 bits per heavy atom. The fourth-order valence-corrected chi connectivity index (χ4v) is 3.43. The van der Waals surface area contributed by atoms with Crippen LogP contribution in [0.3, 0.4) is 0 Å². The molecule has 1 aromatic heterocycles. The van der Waals surface area contributed by atoms with Crippen LogP contribution in [0.1, 0.15) is 21.5 Å². The van der Waals surface area contributed by atoms with Crippen molar-refractivity contribution < 1.29 is 13.9 Å². The lowest BCUT2D eigenvalue weighted by atomic mass is 10.1. The second-order valence-corrected chi connectivity index (χ2v) is 7.19. The number of amides is 1. The number of hydrogen-bond donors (Lipinski definition) is 2. The molecule has 4 rings (SSSR count). The van der Waals surface area contributed by atoms with Gasteiger partial charge in [0.25, 0.3) is 6.01 Å². The van der Waals surface area contributed by atoms with Crippen molar-refractivity contribution in [3.63, 3.8) is 0 Å². The standard InChI is InChI=1S/C22H24N4O3/c1-15-10-16(14-26-6-8-28-9-7-26)12-19(11-15)25-22-24-13-20(29-22)17-2-4-18(5-3-17)21(23)27/h2-5,10-13H,6-9,14H2,1H3,(H2,23,27)(H,24,25). The van der Waals surface area contributed by atoms with Gasteiger partial charge in [0.2, 0.25) is 5.91 Å². The molecule has 0 bridgehead atoms. The summed E-state index contributed by atoms with van der Waals surface area (Å²) in [6, 6.07) is 13.7. The monoisotopic (exact) mass is 392 g/mol. The van der Waals surface area contributed by atoms with E-state index in [0.29, 0.717) is 17.3 Å². The molecular formula is C22H24N4O3. The number of carbonyl (C=O) groups excluding carboxylic acids is 1. The molecule has 0 aliphatic carbocycles. The van der Waals surface area contributed by atoms with Crippen LogP contribution in [0.25, 0.3) is 11.3 Å². The van der Waals surface area contributed by atoms with E-state index >= 15 is 0 Å². The Morgan fingerprint density at radius 2 is 1.93 bits per heavy atom. The van der Waals surface area contributed by atoms with Crippen LogP contribution < -0.4 is 11.1 Å². The largest absolute Gasteiger partial charge is 0.423 e. The van der Waals surface area contributed by atoms with E-state index in [1.165, 1.54) is 11.1 Å². The van der Waals surface area contributed by atoms with Crippen LogP contribution in [0.4, 0.5) is 11.7 Å². The first-order chi connectivity index (χ1) is 14.1. The first-order valence-electron chi connectivity index (χ1n) is 9.60. The summed E-state index contributed by atoms with van der Waals surface area (Å²) >= 11 is 0. The average Bonchev–Trinajstić information content (AvgIpc) is 3.17. The molecule has 1 amide bonds. The van der Waals surface area contributed by atoms with Crippen molar-refractivity contribution in [1.82, 2.24) is 9.88 Å². The smallest absolute Gasteiger partial charge is 0.299 e. The number of benzene rings is 2. The quantitative estimate of drug-likeness (QED) is 0.668. The number of morpholine rings is 1. The van der Waals surface area contributed by atoms with Crippen LogP contribution in [0.5, 0.6) is 0 Å². The molecule has 3 N–H and O–H groups in total. The van der Waals surface area contributed by atoms with Crippen LogP contribution in [0.2, 0.25) is 0 Å². The van der Waals surface area contributed by atoms with Gasteiger partial charge in [-0.05, 0) is 42.3 Å². The maximum atomic E-state index is 11.2. The van der Waals surface area contributed by atoms with Crippen LogP contribution in [0.15, 0.2) is 53.1 Å². The van der Waals surface area contributed by atoms with Crippen molar-refractivity contribution in [2.75, 3.05) is 31.6 Å². The van der Waals surface area contributed by atoms with Gasteiger partial charge in [-0.3, -0.25) is 9.69 Å². The second kappa shape index (κ2) is 8.46. The second-order valence-electron chi connectivity index (χ2n) is 7.19. The number of nitrogens with two attached hydrogens (primary N) is 1. The van der Waals surface area contributed by atoms with Gasteiger partial charge < -0.3 is 20.2 Å². The number of aryl methyl sites for hydroxylation is 1. The predicted octanol–water partition coefficient (Wildman–Crippen LogP) is 3.32. The molecule has 0 radical (unpaired) electrons. The molecule has 0 unspecified atom stereocenters. The number of rotatable bonds is 6. The highest BCUT2D eigenvalue weighted by molar-refractivity contribution is 5.93. The summed E-state index contributed by atoms with van der Waals surface area (Å²) < 4.78 is 11.3. The summed E-state index contributed by atoms with van der Waals surface area (Å²) in [6.07, 6.45) is 1.66. The zero-order valence-corrected chi connectivity index (χ0v) is 16.4. The summed E-state index contributed by atoms with van der Waals surface area (Å²) in [6.45, 7) is 6.45. The van der Waals surface area contributed by atoms with Gasteiger partial charge in [0.1, 0.15) is 0 Å². The lowest BCUT2D eigenvalue weighted by Crippen LogP contribution is -2.35. The third kappa shape index (κ3) is 4.82. The molecule has 7 nitrogen and oxygen atoms in total. The van der Waals surface area contributed by atoms with E-state index in [0.717, 1.165) is 44.1 Å². The molecule has 2 heterocycles. The molecular weight excluding hydrogens is 368 g/mol. The topological polar surface area (TPSA) is 93.6 Å². The van der Waals surface area contributed by atoms with Crippen molar-refractivity contribution in [2.45, 2.75) is 13.5 Å². The zero-order chi connectivity index (χ0) is 20.2. The lowest BCUT2D eigenvalue weighted by molar-refractivity contribution is 0.0342. The third-order valence-corrected chi connectivity index (χ3v) is 4.86. The zero-order valence-electron chi connectivity index (χ0n) is 16.4. The fourth-order valence-electron chi connectivity index (χ4n) is 3.43. The Morgan fingerprint density at radius 3 is 2.66 bits per heavy atom. The number of anilines is 2. The molecule has 0 saturated carbocycles. The average molecular weight is 392 g/mol. The van der Waals surface area contributed by atoms with E-state index in [9.17, 15) is 4.79 Å². The predicted molar refractivity (Wildman–Crippen MR) is 111 cm³/mol. The molecule has 7 heteroatoms. The summed E-state index contributed by atoms with van der Waals surface area (Å²) in [5.41, 5.74) is 9.91. The Kier molecular flexibility index (Phi) is 5.59. The van der Waals surface area contributed by atoms with Crippen LogP contribution >= 0.6 is 0 Å². The summed E-state index contributed by atoms with van der Waals surface area (Å²) in [7, 11) is 0. The van der Waals surface area contributed by atoms with Crippen molar-refractivity contribution in [2.24, 2.45) is 5.73 Å². The first-order valence-corrected chi connectivity index (χ1v) is 9.60. The third-order valence-electron chi connectivity index (χ3n) is 4.86. The number of nitrogens with one attached hydrogen (secondary N) is 1. The maximum absolute atomic E-state index is 11.2. The molecule has 29 heavy (non-hydrogen) atoms. The lowest BCUT2D eigenvalue weighted by Gasteiger charge is -2.26. The Bertz CT molecular complexity index is 992. The minimum atomic E-state index is -0.455. The molecule has 1 aliphatic rings. The van der Waals surface area contributed by atoms with Gasteiger partial charge in [-0.15, -0.1) is 0 Å². The SMILES string of the molecule is Cc1cc(CN2CCOCC2)cc(Nc2ncc(-c3ccc(C(N)=O)cc3)o2)c1. The molecule has 1 fully saturated rings. The molecule has 0 atom stereocenters.